The average molecular weight is 311 g/mol. The summed E-state index contributed by atoms with van der Waals surface area (Å²) < 4.78 is 0. The summed E-state index contributed by atoms with van der Waals surface area (Å²) in [6.45, 7) is 2.98. The molecule has 1 aliphatic heterocycles. The molecule has 3 rings (SSSR count). The summed E-state index contributed by atoms with van der Waals surface area (Å²) in [6.07, 6.45) is 0.971. The van der Waals surface area contributed by atoms with Gasteiger partial charge in [-0.15, -0.1) is 0 Å². The van der Waals surface area contributed by atoms with Crippen molar-refractivity contribution in [2.45, 2.75) is 19.8 Å². The van der Waals surface area contributed by atoms with E-state index in [2.05, 4.69) is 0 Å². The Balaban J connectivity index is 1.73. The van der Waals surface area contributed by atoms with Crippen molar-refractivity contribution in [3.8, 4) is 0 Å². The largest absolute Gasteiger partial charge is 0.481 e. The minimum absolute atomic E-state index is 0.0121. The van der Waals surface area contributed by atoms with E-state index in [0.717, 1.165) is 16.3 Å². The van der Waals surface area contributed by atoms with Crippen LogP contribution in [0.5, 0.6) is 0 Å². The number of carbonyl (C=O) groups excluding carboxylic acids is 1. The maximum absolute atomic E-state index is 12.6. The molecule has 23 heavy (non-hydrogen) atoms. The highest BCUT2D eigenvalue weighted by atomic mass is 16.4. The van der Waals surface area contributed by atoms with E-state index in [1.165, 1.54) is 0 Å². The molecule has 1 saturated heterocycles. The van der Waals surface area contributed by atoms with Crippen LogP contribution in [0.1, 0.15) is 18.9 Å². The molecule has 4 nitrogen and oxygen atoms in total. The maximum Gasteiger partial charge on any atom is 0.308 e. The second kappa shape index (κ2) is 6.41. The van der Waals surface area contributed by atoms with E-state index in [1.807, 2.05) is 49.4 Å². The lowest BCUT2D eigenvalue weighted by Gasteiger charge is -2.34. The molecule has 2 atom stereocenters. The predicted molar refractivity (Wildman–Crippen MR) is 89.1 cm³/mol. The van der Waals surface area contributed by atoms with Gasteiger partial charge in [-0.1, -0.05) is 49.4 Å². The normalized spacial score (nSPS) is 21.3. The van der Waals surface area contributed by atoms with Gasteiger partial charge >= 0.3 is 5.97 Å². The van der Waals surface area contributed by atoms with Crippen LogP contribution in [0.4, 0.5) is 0 Å². The Hall–Kier alpha value is -2.36. The first-order valence-electron chi connectivity index (χ1n) is 8.01. The lowest BCUT2D eigenvalue weighted by Crippen LogP contribution is -2.46. The number of fused-ring (bicyclic) bond motifs is 1. The molecule has 1 heterocycles. The number of hydrogen-bond acceptors (Lipinski definition) is 2. The van der Waals surface area contributed by atoms with Crippen LogP contribution in [0.15, 0.2) is 42.5 Å². The smallest absolute Gasteiger partial charge is 0.308 e. The molecule has 0 spiro atoms. The summed E-state index contributed by atoms with van der Waals surface area (Å²) in [5.74, 6) is -1.01. The van der Waals surface area contributed by atoms with Gasteiger partial charge in [-0.25, -0.2) is 0 Å². The van der Waals surface area contributed by atoms with Crippen molar-refractivity contribution < 1.29 is 14.7 Å². The monoisotopic (exact) mass is 311 g/mol. The fraction of sp³-hybridized carbons (Fsp3) is 0.368. The maximum atomic E-state index is 12.6. The van der Waals surface area contributed by atoms with Crippen LogP contribution in [-0.2, 0) is 16.0 Å². The van der Waals surface area contributed by atoms with E-state index in [9.17, 15) is 14.7 Å². The van der Waals surface area contributed by atoms with Crippen LogP contribution in [0.2, 0.25) is 0 Å². The Morgan fingerprint density at radius 2 is 1.87 bits per heavy atom. The number of hydrogen-bond donors (Lipinski definition) is 1. The van der Waals surface area contributed by atoms with E-state index < -0.39 is 11.9 Å². The molecule has 0 aromatic heterocycles. The molecule has 0 aliphatic carbocycles. The third-order valence-corrected chi connectivity index (χ3v) is 4.53. The van der Waals surface area contributed by atoms with E-state index in [4.69, 9.17) is 0 Å². The second-order valence-electron chi connectivity index (χ2n) is 6.53. The van der Waals surface area contributed by atoms with Crippen molar-refractivity contribution in [1.29, 1.82) is 0 Å². The molecule has 0 bridgehead atoms. The number of carboxylic acids is 1. The van der Waals surface area contributed by atoms with Crippen LogP contribution in [0, 0.1) is 11.8 Å². The molecule has 2 unspecified atom stereocenters. The van der Waals surface area contributed by atoms with Crippen molar-refractivity contribution in [3.63, 3.8) is 0 Å². The second-order valence-corrected chi connectivity index (χ2v) is 6.53. The Bertz CT molecular complexity index is 740. The molecule has 1 amide bonds. The standard InChI is InChI=1S/C19H21NO3/c1-13-8-17(19(22)23)12-20(11-13)18(21)10-14-6-7-15-4-2-3-5-16(15)9-14/h2-7,9,13,17H,8,10-12H2,1H3,(H,22,23). The van der Waals surface area contributed by atoms with E-state index in [1.54, 1.807) is 4.90 Å². The Kier molecular flexibility index (Phi) is 4.33. The number of amides is 1. The van der Waals surface area contributed by atoms with Gasteiger partial charge in [0.05, 0.1) is 12.3 Å². The van der Waals surface area contributed by atoms with Crippen LogP contribution >= 0.6 is 0 Å². The number of benzene rings is 2. The molecule has 1 N–H and O–H groups in total. The van der Waals surface area contributed by atoms with Gasteiger partial charge in [0.2, 0.25) is 5.91 Å². The zero-order chi connectivity index (χ0) is 16.4. The van der Waals surface area contributed by atoms with Gasteiger partial charge in [0.15, 0.2) is 0 Å². The highest BCUT2D eigenvalue weighted by Gasteiger charge is 2.31. The summed E-state index contributed by atoms with van der Waals surface area (Å²) in [5, 5.41) is 11.5. The topological polar surface area (TPSA) is 57.6 Å². The van der Waals surface area contributed by atoms with Crippen molar-refractivity contribution >= 4 is 22.6 Å². The van der Waals surface area contributed by atoms with E-state index >= 15 is 0 Å². The minimum atomic E-state index is -0.806. The summed E-state index contributed by atoms with van der Waals surface area (Å²) in [7, 11) is 0. The fourth-order valence-corrected chi connectivity index (χ4v) is 3.37. The first kappa shape index (κ1) is 15.5. The van der Waals surface area contributed by atoms with Gasteiger partial charge in [0.25, 0.3) is 0 Å². The minimum Gasteiger partial charge on any atom is -0.481 e. The third-order valence-electron chi connectivity index (χ3n) is 4.53. The van der Waals surface area contributed by atoms with Crippen LogP contribution < -0.4 is 0 Å². The van der Waals surface area contributed by atoms with Crippen molar-refractivity contribution in [1.82, 2.24) is 4.90 Å². The molecular weight excluding hydrogens is 290 g/mol. The molecule has 2 aromatic carbocycles. The van der Waals surface area contributed by atoms with Crippen LogP contribution in [-0.4, -0.2) is 35.0 Å². The zero-order valence-corrected chi connectivity index (χ0v) is 13.2. The van der Waals surface area contributed by atoms with Gasteiger partial charge in [-0.2, -0.15) is 0 Å². The molecule has 2 aromatic rings. The highest BCUT2D eigenvalue weighted by Crippen LogP contribution is 2.23. The summed E-state index contributed by atoms with van der Waals surface area (Å²) >= 11 is 0. The van der Waals surface area contributed by atoms with Crippen molar-refractivity contribution in [2.75, 3.05) is 13.1 Å². The SMILES string of the molecule is CC1CC(C(=O)O)CN(C(=O)Cc2ccc3ccccc3c2)C1. The number of nitrogens with zero attached hydrogens (tertiary/aromatic N) is 1. The van der Waals surface area contributed by atoms with Crippen LogP contribution in [0.25, 0.3) is 10.8 Å². The summed E-state index contributed by atoms with van der Waals surface area (Å²) in [5.41, 5.74) is 0.971. The van der Waals surface area contributed by atoms with Gasteiger partial charge in [0, 0.05) is 13.1 Å². The number of piperidine rings is 1. The van der Waals surface area contributed by atoms with Gasteiger partial charge in [-0.05, 0) is 28.7 Å². The lowest BCUT2D eigenvalue weighted by atomic mass is 9.90. The number of carboxylic acid groups (broad SMARTS) is 1. The first-order chi connectivity index (χ1) is 11.0. The summed E-state index contributed by atoms with van der Waals surface area (Å²) in [4.78, 5) is 25.5. The van der Waals surface area contributed by atoms with E-state index in [-0.39, 0.29) is 11.8 Å². The molecule has 1 aliphatic rings. The lowest BCUT2D eigenvalue weighted by molar-refractivity contribution is -0.146. The Morgan fingerprint density at radius 1 is 1.13 bits per heavy atom. The first-order valence-corrected chi connectivity index (χ1v) is 8.01. The molecule has 0 saturated carbocycles. The third kappa shape index (κ3) is 3.52. The average Bonchev–Trinajstić information content (AvgIpc) is 2.54. The summed E-state index contributed by atoms with van der Waals surface area (Å²) in [6, 6.07) is 14.1. The van der Waals surface area contributed by atoms with E-state index in [0.29, 0.717) is 25.9 Å². The molecule has 4 heteroatoms. The number of likely N-dealkylation sites (tertiary alicyclic amines) is 1. The van der Waals surface area contributed by atoms with Crippen molar-refractivity contribution in [2.24, 2.45) is 11.8 Å². The number of carbonyl (C=O) groups is 2. The Morgan fingerprint density at radius 3 is 2.61 bits per heavy atom. The van der Waals surface area contributed by atoms with Crippen molar-refractivity contribution in [3.05, 3.63) is 48.0 Å². The molecule has 1 fully saturated rings. The molecule has 0 radical (unpaired) electrons. The molecular formula is C19H21NO3. The predicted octanol–water partition coefficient (Wildman–Crippen LogP) is 2.95. The van der Waals surface area contributed by atoms with Gasteiger partial charge in [-0.3, -0.25) is 9.59 Å². The zero-order valence-electron chi connectivity index (χ0n) is 13.2. The number of rotatable bonds is 3. The number of aliphatic carboxylic acids is 1. The van der Waals surface area contributed by atoms with Gasteiger partial charge < -0.3 is 10.0 Å². The van der Waals surface area contributed by atoms with Gasteiger partial charge in [0.1, 0.15) is 0 Å². The quantitative estimate of drug-likeness (QED) is 0.948. The fourth-order valence-electron chi connectivity index (χ4n) is 3.37. The highest BCUT2D eigenvalue weighted by molar-refractivity contribution is 5.85. The Labute approximate surface area is 135 Å². The van der Waals surface area contributed by atoms with Crippen LogP contribution in [0.3, 0.4) is 0 Å². The molecule has 120 valence electrons.